The highest BCUT2D eigenvalue weighted by molar-refractivity contribution is 6.12. The molecule has 0 saturated carbocycles. The fourth-order valence-corrected chi connectivity index (χ4v) is 3.00. The molecule has 0 aromatic heterocycles. The summed E-state index contributed by atoms with van der Waals surface area (Å²) in [6.45, 7) is 4.04. The molecule has 1 heterocycles. The Balaban J connectivity index is 2.24. The fraction of sp³-hybridized carbons (Fsp3) is 0.222. The van der Waals surface area contributed by atoms with Crippen LogP contribution in [0.4, 0.5) is 0 Å². The highest BCUT2D eigenvalue weighted by atomic mass is 16.2. The summed E-state index contributed by atoms with van der Waals surface area (Å²) >= 11 is 0. The van der Waals surface area contributed by atoms with Crippen LogP contribution in [0.1, 0.15) is 38.5 Å². The van der Waals surface area contributed by atoms with E-state index in [9.17, 15) is 9.59 Å². The Bertz CT molecular complexity index is 749. The molecular weight excluding hydrogens is 262 g/mol. The molecule has 2 aromatic rings. The molecule has 1 aliphatic rings. The standard InChI is InChI=1S/C18H17NO2/c1-11-8-9-13(12(2)10-11)16-14-6-4-5-7-15(14)17(20)19(3)18(16)21/h4-10,16H,1-3H3. The Morgan fingerprint density at radius 3 is 2.38 bits per heavy atom. The van der Waals surface area contributed by atoms with E-state index >= 15 is 0 Å². The summed E-state index contributed by atoms with van der Waals surface area (Å²) in [4.78, 5) is 26.1. The van der Waals surface area contributed by atoms with Gasteiger partial charge in [-0.3, -0.25) is 14.5 Å². The lowest BCUT2D eigenvalue weighted by molar-refractivity contribution is -0.128. The maximum atomic E-state index is 12.6. The summed E-state index contributed by atoms with van der Waals surface area (Å²) in [6.07, 6.45) is 0. The number of carbonyl (C=O) groups is 2. The van der Waals surface area contributed by atoms with Crippen molar-refractivity contribution in [2.24, 2.45) is 0 Å². The van der Waals surface area contributed by atoms with Crippen LogP contribution in [-0.4, -0.2) is 23.8 Å². The van der Waals surface area contributed by atoms with Gasteiger partial charge in [-0.05, 0) is 36.6 Å². The monoisotopic (exact) mass is 279 g/mol. The molecule has 0 radical (unpaired) electrons. The molecule has 0 saturated heterocycles. The molecule has 3 heteroatoms. The number of hydrogen-bond acceptors (Lipinski definition) is 2. The predicted octanol–water partition coefficient (Wildman–Crippen LogP) is 3.05. The molecule has 2 aromatic carbocycles. The number of nitrogens with zero attached hydrogens (tertiary/aromatic N) is 1. The molecule has 0 bridgehead atoms. The molecule has 0 fully saturated rings. The Labute approximate surface area is 124 Å². The molecule has 0 N–H and O–H groups in total. The second-order valence-electron chi connectivity index (χ2n) is 5.58. The van der Waals surface area contributed by atoms with E-state index in [4.69, 9.17) is 0 Å². The van der Waals surface area contributed by atoms with Crippen molar-refractivity contribution in [1.29, 1.82) is 0 Å². The van der Waals surface area contributed by atoms with E-state index in [1.807, 2.05) is 44.2 Å². The smallest absolute Gasteiger partial charge is 0.260 e. The van der Waals surface area contributed by atoms with E-state index in [0.29, 0.717) is 5.56 Å². The summed E-state index contributed by atoms with van der Waals surface area (Å²) in [7, 11) is 1.55. The molecule has 1 atom stereocenters. The lowest BCUT2D eigenvalue weighted by atomic mass is 9.82. The number of amides is 2. The van der Waals surface area contributed by atoms with Crippen LogP contribution in [-0.2, 0) is 4.79 Å². The van der Waals surface area contributed by atoms with Crippen molar-refractivity contribution in [3.8, 4) is 0 Å². The van der Waals surface area contributed by atoms with Crippen LogP contribution in [0.5, 0.6) is 0 Å². The van der Waals surface area contributed by atoms with Gasteiger partial charge in [-0.2, -0.15) is 0 Å². The maximum Gasteiger partial charge on any atom is 0.260 e. The Hall–Kier alpha value is -2.42. The van der Waals surface area contributed by atoms with E-state index in [1.54, 1.807) is 13.1 Å². The normalized spacial score (nSPS) is 17.9. The third-order valence-electron chi connectivity index (χ3n) is 4.12. The summed E-state index contributed by atoms with van der Waals surface area (Å²) < 4.78 is 0. The molecule has 2 amide bonds. The summed E-state index contributed by atoms with van der Waals surface area (Å²) in [5.41, 5.74) is 4.63. The average molecular weight is 279 g/mol. The van der Waals surface area contributed by atoms with Gasteiger partial charge in [0.25, 0.3) is 5.91 Å². The molecule has 1 unspecified atom stereocenters. The molecular formula is C18H17NO2. The van der Waals surface area contributed by atoms with E-state index < -0.39 is 5.92 Å². The van der Waals surface area contributed by atoms with E-state index in [-0.39, 0.29) is 11.8 Å². The summed E-state index contributed by atoms with van der Waals surface area (Å²) in [5, 5.41) is 0. The van der Waals surface area contributed by atoms with Gasteiger partial charge < -0.3 is 0 Å². The number of aryl methyl sites for hydroxylation is 2. The number of imide groups is 1. The second-order valence-corrected chi connectivity index (χ2v) is 5.58. The Morgan fingerprint density at radius 1 is 0.952 bits per heavy atom. The Kier molecular flexibility index (Phi) is 3.13. The maximum absolute atomic E-state index is 12.6. The van der Waals surface area contributed by atoms with Gasteiger partial charge in [-0.1, -0.05) is 42.0 Å². The van der Waals surface area contributed by atoms with Crippen molar-refractivity contribution < 1.29 is 9.59 Å². The van der Waals surface area contributed by atoms with Crippen LogP contribution in [0.3, 0.4) is 0 Å². The molecule has 106 valence electrons. The van der Waals surface area contributed by atoms with E-state index in [1.165, 1.54) is 4.90 Å². The number of fused-ring (bicyclic) bond motifs is 1. The van der Waals surface area contributed by atoms with Crippen molar-refractivity contribution in [2.45, 2.75) is 19.8 Å². The summed E-state index contributed by atoms with van der Waals surface area (Å²) in [6, 6.07) is 13.4. The minimum absolute atomic E-state index is 0.161. The number of rotatable bonds is 1. The zero-order chi connectivity index (χ0) is 15.1. The van der Waals surface area contributed by atoms with Gasteiger partial charge in [0.05, 0.1) is 5.92 Å². The quantitative estimate of drug-likeness (QED) is 0.752. The molecule has 0 spiro atoms. The number of carbonyl (C=O) groups excluding carboxylic acids is 2. The molecule has 3 rings (SSSR count). The first kappa shape index (κ1) is 13.6. The van der Waals surface area contributed by atoms with E-state index in [2.05, 4.69) is 6.07 Å². The second kappa shape index (κ2) is 4.85. The molecule has 3 nitrogen and oxygen atoms in total. The van der Waals surface area contributed by atoms with Gasteiger partial charge in [0.2, 0.25) is 5.91 Å². The molecule has 1 aliphatic heterocycles. The Morgan fingerprint density at radius 2 is 1.67 bits per heavy atom. The van der Waals surface area contributed by atoms with Crippen LogP contribution in [0, 0.1) is 13.8 Å². The molecule has 0 aliphatic carbocycles. The van der Waals surface area contributed by atoms with Crippen molar-refractivity contribution >= 4 is 11.8 Å². The van der Waals surface area contributed by atoms with Crippen LogP contribution in [0.15, 0.2) is 42.5 Å². The van der Waals surface area contributed by atoms with Gasteiger partial charge in [0, 0.05) is 12.6 Å². The first-order chi connectivity index (χ1) is 10.0. The topological polar surface area (TPSA) is 37.4 Å². The lowest BCUT2D eigenvalue weighted by Crippen LogP contribution is -2.42. The largest absolute Gasteiger partial charge is 0.281 e. The third kappa shape index (κ3) is 2.05. The predicted molar refractivity (Wildman–Crippen MR) is 81.3 cm³/mol. The summed E-state index contributed by atoms with van der Waals surface area (Å²) in [5.74, 6) is -0.785. The first-order valence-electron chi connectivity index (χ1n) is 6.98. The number of hydrogen-bond donors (Lipinski definition) is 0. The van der Waals surface area contributed by atoms with Gasteiger partial charge >= 0.3 is 0 Å². The number of likely N-dealkylation sites (N-methyl/N-ethyl adjacent to an activating group) is 1. The van der Waals surface area contributed by atoms with Crippen LogP contribution >= 0.6 is 0 Å². The third-order valence-corrected chi connectivity index (χ3v) is 4.12. The number of benzene rings is 2. The highest BCUT2D eigenvalue weighted by Crippen LogP contribution is 2.35. The van der Waals surface area contributed by atoms with Gasteiger partial charge in [0.15, 0.2) is 0 Å². The zero-order valence-corrected chi connectivity index (χ0v) is 12.4. The lowest BCUT2D eigenvalue weighted by Gasteiger charge is -2.31. The fourth-order valence-electron chi connectivity index (χ4n) is 3.00. The van der Waals surface area contributed by atoms with Gasteiger partial charge in [-0.15, -0.1) is 0 Å². The van der Waals surface area contributed by atoms with Gasteiger partial charge in [-0.25, -0.2) is 0 Å². The van der Waals surface area contributed by atoms with Crippen molar-refractivity contribution in [2.75, 3.05) is 7.05 Å². The van der Waals surface area contributed by atoms with E-state index in [0.717, 1.165) is 22.3 Å². The highest BCUT2D eigenvalue weighted by Gasteiger charge is 2.37. The van der Waals surface area contributed by atoms with Crippen LogP contribution in [0.25, 0.3) is 0 Å². The first-order valence-corrected chi connectivity index (χ1v) is 6.98. The minimum atomic E-state index is -0.399. The van der Waals surface area contributed by atoms with Crippen molar-refractivity contribution in [3.05, 3.63) is 70.3 Å². The van der Waals surface area contributed by atoms with Crippen molar-refractivity contribution in [1.82, 2.24) is 4.90 Å². The average Bonchev–Trinajstić information content (AvgIpc) is 2.47. The van der Waals surface area contributed by atoms with Crippen molar-refractivity contribution in [3.63, 3.8) is 0 Å². The molecule has 21 heavy (non-hydrogen) atoms. The van der Waals surface area contributed by atoms with Crippen LogP contribution < -0.4 is 0 Å². The minimum Gasteiger partial charge on any atom is -0.281 e. The van der Waals surface area contributed by atoms with Gasteiger partial charge in [0.1, 0.15) is 0 Å². The SMILES string of the molecule is Cc1ccc(C2C(=O)N(C)C(=O)c3ccccc32)c(C)c1. The van der Waals surface area contributed by atoms with Crippen LogP contribution in [0.2, 0.25) is 0 Å². The zero-order valence-electron chi connectivity index (χ0n) is 12.4.